The maximum Gasteiger partial charge on any atom is 0.137 e. The lowest BCUT2D eigenvalue weighted by atomic mass is 9.44. The van der Waals surface area contributed by atoms with Crippen LogP contribution in [-0.4, -0.2) is 11.6 Å². The van der Waals surface area contributed by atoms with E-state index in [4.69, 9.17) is 0 Å². The van der Waals surface area contributed by atoms with Crippen molar-refractivity contribution in [1.82, 2.24) is 0 Å². The average Bonchev–Trinajstić information content (AvgIpc) is 2.82. The fraction of sp³-hybridized carbons (Fsp3) is 0.905. The topological polar surface area (TPSA) is 34.1 Å². The van der Waals surface area contributed by atoms with Crippen molar-refractivity contribution in [2.24, 2.45) is 40.4 Å². The first kappa shape index (κ1) is 15.8. The second-order valence-corrected chi connectivity index (χ2v) is 9.66. The summed E-state index contributed by atoms with van der Waals surface area (Å²) in [5, 5.41) is 0. The van der Waals surface area contributed by atoms with Crippen molar-refractivity contribution in [3.05, 3.63) is 0 Å². The molecule has 4 aliphatic rings. The van der Waals surface area contributed by atoms with Gasteiger partial charge in [0.2, 0.25) is 0 Å². The smallest absolute Gasteiger partial charge is 0.137 e. The van der Waals surface area contributed by atoms with E-state index in [1.807, 2.05) is 0 Å². The molecule has 4 rings (SSSR count). The molecule has 0 heterocycles. The number of ketones is 2. The van der Waals surface area contributed by atoms with Gasteiger partial charge in [0.1, 0.15) is 11.6 Å². The van der Waals surface area contributed by atoms with Crippen LogP contribution in [0.5, 0.6) is 0 Å². The predicted molar refractivity (Wildman–Crippen MR) is 90.9 cm³/mol. The van der Waals surface area contributed by atoms with Gasteiger partial charge in [-0.25, -0.2) is 0 Å². The van der Waals surface area contributed by atoms with E-state index >= 15 is 0 Å². The van der Waals surface area contributed by atoms with E-state index in [1.165, 1.54) is 44.9 Å². The lowest BCUT2D eigenvalue weighted by molar-refractivity contribution is -0.158. The average molecular weight is 316 g/mol. The summed E-state index contributed by atoms with van der Waals surface area (Å²) < 4.78 is 0. The summed E-state index contributed by atoms with van der Waals surface area (Å²) in [6.45, 7) is 6.44. The zero-order valence-electron chi connectivity index (χ0n) is 15.1. The molecule has 0 saturated heterocycles. The van der Waals surface area contributed by atoms with Crippen molar-refractivity contribution in [2.75, 3.05) is 0 Å². The third-order valence-corrected chi connectivity index (χ3v) is 8.76. The van der Waals surface area contributed by atoms with Crippen LogP contribution in [0, 0.1) is 40.4 Å². The normalized spacial score (nSPS) is 52.5. The van der Waals surface area contributed by atoms with E-state index in [2.05, 4.69) is 13.8 Å². The Labute approximate surface area is 140 Å². The van der Waals surface area contributed by atoms with Gasteiger partial charge in [-0.1, -0.05) is 26.7 Å². The molecule has 0 unspecified atom stereocenters. The first-order chi connectivity index (χ1) is 10.9. The standard InChI is InChI=1S/C21H32O2/c1-13(22)16-9-10-17-15-8-7-14-6-4-5-11-20(14,2)19(15)18(23)12-21(16,17)3/h14-17,19H,4-12H2,1-3H3/t14-,15-,16+,17-,19+,20-,21+/m0/s1. The highest BCUT2D eigenvalue weighted by Gasteiger charge is 2.63. The third-order valence-electron chi connectivity index (χ3n) is 8.76. The van der Waals surface area contributed by atoms with Crippen molar-refractivity contribution in [3.8, 4) is 0 Å². The molecule has 0 radical (unpaired) electrons. The quantitative estimate of drug-likeness (QED) is 0.696. The van der Waals surface area contributed by atoms with Gasteiger partial charge in [-0.2, -0.15) is 0 Å². The van der Waals surface area contributed by atoms with Crippen molar-refractivity contribution in [1.29, 1.82) is 0 Å². The molecule has 2 nitrogen and oxygen atoms in total. The Morgan fingerprint density at radius 2 is 1.78 bits per heavy atom. The minimum atomic E-state index is -0.0397. The molecular formula is C21H32O2. The summed E-state index contributed by atoms with van der Waals surface area (Å²) in [5.41, 5.74) is 0.218. The lowest BCUT2D eigenvalue weighted by Gasteiger charge is -2.59. The Hall–Kier alpha value is -0.660. The molecule has 4 saturated carbocycles. The molecule has 4 fully saturated rings. The summed E-state index contributed by atoms with van der Waals surface area (Å²) in [6.07, 6.45) is 10.7. The Bertz CT molecular complexity index is 538. The van der Waals surface area contributed by atoms with Gasteiger partial charge in [0.25, 0.3) is 0 Å². The molecule has 0 aromatic rings. The van der Waals surface area contributed by atoms with Crippen LogP contribution in [0.25, 0.3) is 0 Å². The van der Waals surface area contributed by atoms with E-state index in [0.29, 0.717) is 35.7 Å². The molecule has 2 heteroatoms. The summed E-state index contributed by atoms with van der Waals surface area (Å²) in [7, 11) is 0. The molecule has 0 amide bonds. The molecule has 7 atom stereocenters. The summed E-state index contributed by atoms with van der Waals surface area (Å²) in [6, 6.07) is 0. The highest BCUT2D eigenvalue weighted by molar-refractivity contribution is 5.87. The van der Waals surface area contributed by atoms with Gasteiger partial charge in [0, 0.05) is 18.3 Å². The molecular weight excluding hydrogens is 284 g/mol. The third kappa shape index (κ3) is 2.05. The molecule has 128 valence electrons. The van der Waals surface area contributed by atoms with Crippen molar-refractivity contribution in [3.63, 3.8) is 0 Å². The first-order valence-corrected chi connectivity index (χ1v) is 9.91. The predicted octanol–water partition coefficient (Wildman–Crippen LogP) is 4.80. The number of fused-ring (bicyclic) bond motifs is 5. The summed E-state index contributed by atoms with van der Waals surface area (Å²) >= 11 is 0. The van der Waals surface area contributed by atoms with Crippen LogP contribution in [0.2, 0.25) is 0 Å². The van der Waals surface area contributed by atoms with Crippen LogP contribution in [-0.2, 0) is 9.59 Å². The first-order valence-electron chi connectivity index (χ1n) is 9.91. The van der Waals surface area contributed by atoms with Crippen LogP contribution in [0.1, 0.15) is 78.6 Å². The minimum Gasteiger partial charge on any atom is -0.300 e. The number of hydrogen-bond acceptors (Lipinski definition) is 2. The summed E-state index contributed by atoms with van der Waals surface area (Å²) in [4.78, 5) is 25.4. The second-order valence-electron chi connectivity index (χ2n) is 9.66. The fourth-order valence-corrected chi connectivity index (χ4v) is 7.78. The van der Waals surface area contributed by atoms with Crippen molar-refractivity contribution >= 4 is 11.6 Å². The Morgan fingerprint density at radius 3 is 2.52 bits per heavy atom. The molecule has 4 aliphatic carbocycles. The van der Waals surface area contributed by atoms with Gasteiger partial charge in [-0.3, -0.25) is 9.59 Å². The van der Waals surface area contributed by atoms with Gasteiger partial charge < -0.3 is 0 Å². The van der Waals surface area contributed by atoms with Gasteiger partial charge in [0.05, 0.1) is 0 Å². The molecule has 0 bridgehead atoms. The zero-order chi connectivity index (χ0) is 16.4. The van der Waals surface area contributed by atoms with E-state index in [-0.39, 0.29) is 16.7 Å². The highest BCUT2D eigenvalue weighted by Crippen LogP contribution is 2.66. The lowest BCUT2D eigenvalue weighted by Crippen LogP contribution is -2.57. The zero-order valence-corrected chi connectivity index (χ0v) is 15.1. The Balaban J connectivity index is 1.70. The van der Waals surface area contributed by atoms with Crippen molar-refractivity contribution < 1.29 is 9.59 Å². The van der Waals surface area contributed by atoms with E-state index in [0.717, 1.165) is 12.3 Å². The SMILES string of the molecule is CC(=O)[C@H]1CC[C@H]2[C@@H]3CC[C@@H]4CCCC[C@]4(C)[C@H]3C(=O)C[C@]12C. The second kappa shape index (κ2) is 5.17. The monoisotopic (exact) mass is 316 g/mol. The van der Waals surface area contributed by atoms with Crippen LogP contribution in [0.4, 0.5) is 0 Å². The number of rotatable bonds is 1. The Kier molecular flexibility index (Phi) is 3.56. The number of carbonyl (C=O) groups excluding carboxylic acids is 2. The molecule has 0 aromatic carbocycles. The molecule has 0 spiro atoms. The summed E-state index contributed by atoms with van der Waals surface area (Å²) in [5.74, 6) is 3.20. The van der Waals surface area contributed by atoms with Crippen molar-refractivity contribution in [2.45, 2.75) is 78.6 Å². The minimum absolute atomic E-state index is 0.0397. The van der Waals surface area contributed by atoms with Crippen LogP contribution in [0.3, 0.4) is 0 Å². The number of Topliss-reactive ketones (excluding diaryl/α,β-unsaturated/α-hetero) is 2. The van der Waals surface area contributed by atoms with Crippen LogP contribution < -0.4 is 0 Å². The fourth-order valence-electron chi connectivity index (χ4n) is 7.78. The molecule has 0 aliphatic heterocycles. The molecule has 0 N–H and O–H groups in total. The molecule has 0 aromatic heterocycles. The highest BCUT2D eigenvalue weighted by atomic mass is 16.1. The van der Waals surface area contributed by atoms with Gasteiger partial charge in [-0.05, 0) is 74.0 Å². The largest absolute Gasteiger partial charge is 0.300 e. The van der Waals surface area contributed by atoms with Gasteiger partial charge in [0.15, 0.2) is 0 Å². The van der Waals surface area contributed by atoms with Gasteiger partial charge in [-0.15, -0.1) is 0 Å². The molecule has 23 heavy (non-hydrogen) atoms. The van der Waals surface area contributed by atoms with Gasteiger partial charge >= 0.3 is 0 Å². The maximum atomic E-state index is 13.3. The maximum absolute atomic E-state index is 13.3. The van der Waals surface area contributed by atoms with Crippen LogP contribution in [0.15, 0.2) is 0 Å². The van der Waals surface area contributed by atoms with E-state index < -0.39 is 0 Å². The van der Waals surface area contributed by atoms with Crippen LogP contribution >= 0.6 is 0 Å². The number of hydrogen-bond donors (Lipinski definition) is 0. The van der Waals surface area contributed by atoms with E-state index in [1.54, 1.807) is 6.92 Å². The number of carbonyl (C=O) groups is 2. The Morgan fingerprint density at radius 1 is 1.00 bits per heavy atom. The van der Waals surface area contributed by atoms with E-state index in [9.17, 15) is 9.59 Å².